The highest BCUT2D eigenvalue weighted by Gasteiger charge is 2.10. The lowest BCUT2D eigenvalue weighted by Gasteiger charge is -2.13. The summed E-state index contributed by atoms with van der Waals surface area (Å²) in [5.74, 6) is 0.894. The van der Waals surface area contributed by atoms with E-state index in [-0.39, 0.29) is 11.8 Å². The molecule has 0 bridgehead atoms. The number of hydrogen-bond acceptors (Lipinski definition) is 4. The molecule has 0 aliphatic rings. The van der Waals surface area contributed by atoms with Crippen molar-refractivity contribution in [2.24, 2.45) is 11.5 Å². The second-order valence-corrected chi connectivity index (χ2v) is 3.76. The molecule has 5 N–H and O–H groups in total. The van der Waals surface area contributed by atoms with Crippen molar-refractivity contribution in [1.82, 2.24) is 0 Å². The third-order valence-corrected chi connectivity index (χ3v) is 2.42. The standard InChI is InChI=1S/C12H20N2O2/c1-2-3-6-16-9-4-5-12(15)10(7-9)11(14)8-13/h4-5,7,11,15H,2-3,6,8,13-14H2,1H3/t11-/m0/s1. The molecule has 0 spiro atoms. The highest BCUT2D eigenvalue weighted by molar-refractivity contribution is 5.41. The summed E-state index contributed by atoms with van der Waals surface area (Å²) in [7, 11) is 0. The minimum Gasteiger partial charge on any atom is -0.508 e. The van der Waals surface area contributed by atoms with Crippen molar-refractivity contribution in [3.8, 4) is 11.5 Å². The molecular weight excluding hydrogens is 204 g/mol. The topological polar surface area (TPSA) is 81.5 Å². The molecule has 0 aromatic heterocycles. The van der Waals surface area contributed by atoms with Gasteiger partial charge in [-0.3, -0.25) is 0 Å². The number of benzene rings is 1. The van der Waals surface area contributed by atoms with Crippen molar-refractivity contribution in [3.63, 3.8) is 0 Å². The van der Waals surface area contributed by atoms with Crippen LogP contribution in [-0.2, 0) is 0 Å². The third-order valence-electron chi connectivity index (χ3n) is 2.42. The molecule has 4 nitrogen and oxygen atoms in total. The molecular formula is C12H20N2O2. The zero-order chi connectivity index (χ0) is 12.0. The highest BCUT2D eigenvalue weighted by Crippen LogP contribution is 2.27. The van der Waals surface area contributed by atoms with E-state index in [1.807, 2.05) is 0 Å². The Balaban J connectivity index is 2.73. The summed E-state index contributed by atoms with van der Waals surface area (Å²) in [5.41, 5.74) is 11.9. The van der Waals surface area contributed by atoms with Crippen LogP contribution < -0.4 is 16.2 Å². The SMILES string of the molecule is CCCCOc1ccc(O)c([C@@H](N)CN)c1. The summed E-state index contributed by atoms with van der Waals surface area (Å²) in [6.45, 7) is 3.08. The van der Waals surface area contributed by atoms with Gasteiger partial charge in [0, 0.05) is 18.2 Å². The fourth-order valence-corrected chi connectivity index (χ4v) is 1.38. The fourth-order valence-electron chi connectivity index (χ4n) is 1.38. The van der Waals surface area contributed by atoms with E-state index in [0.717, 1.165) is 18.6 Å². The quantitative estimate of drug-likeness (QED) is 0.640. The minimum atomic E-state index is -0.352. The molecule has 4 heteroatoms. The van der Waals surface area contributed by atoms with Crippen molar-refractivity contribution in [1.29, 1.82) is 0 Å². The molecule has 0 saturated carbocycles. The number of rotatable bonds is 6. The number of hydrogen-bond donors (Lipinski definition) is 3. The molecule has 0 saturated heterocycles. The lowest BCUT2D eigenvalue weighted by molar-refractivity contribution is 0.308. The molecule has 1 rings (SSSR count). The molecule has 0 aliphatic heterocycles. The van der Waals surface area contributed by atoms with Crippen LogP contribution in [0.25, 0.3) is 0 Å². The maximum Gasteiger partial charge on any atom is 0.120 e. The Labute approximate surface area is 96.2 Å². The maximum absolute atomic E-state index is 9.62. The van der Waals surface area contributed by atoms with Crippen LogP contribution in [0.3, 0.4) is 0 Å². The Morgan fingerprint density at radius 3 is 2.81 bits per heavy atom. The Morgan fingerprint density at radius 1 is 1.44 bits per heavy atom. The monoisotopic (exact) mass is 224 g/mol. The molecule has 0 aliphatic carbocycles. The molecule has 1 aromatic rings. The van der Waals surface area contributed by atoms with Crippen molar-refractivity contribution < 1.29 is 9.84 Å². The smallest absolute Gasteiger partial charge is 0.120 e. The van der Waals surface area contributed by atoms with Crippen molar-refractivity contribution in [2.75, 3.05) is 13.2 Å². The second-order valence-electron chi connectivity index (χ2n) is 3.76. The number of ether oxygens (including phenoxy) is 1. The molecule has 16 heavy (non-hydrogen) atoms. The summed E-state index contributed by atoms with van der Waals surface area (Å²) in [6, 6.07) is 4.72. The number of phenolic OH excluding ortho intramolecular Hbond substituents is 1. The van der Waals surface area contributed by atoms with Crippen LogP contribution >= 0.6 is 0 Å². The van der Waals surface area contributed by atoms with E-state index < -0.39 is 0 Å². The summed E-state index contributed by atoms with van der Waals surface area (Å²) < 4.78 is 5.53. The maximum atomic E-state index is 9.62. The predicted molar refractivity (Wildman–Crippen MR) is 64.5 cm³/mol. The van der Waals surface area contributed by atoms with E-state index >= 15 is 0 Å². The van der Waals surface area contributed by atoms with Gasteiger partial charge in [0.2, 0.25) is 0 Å². The summed E-state index contributed by atoms with van der Waals surface area (Å²) in [5, 5.41) is 9.62. The molecule has 1 aromatic carbocycles. The van der Waals surface area contributed by atoms with Gasteiger partial charge in [-0.15, -0.1) is 0 Å². The summed E-state index contributed by atoms with van der Waals surface area (Å²) >= 11 is 0. The second kappa shape index (κ2) is 6.35. The first-order chi connectivity index (χ1) is 7.69. The Kier molecular flexibility index (Phi) is 5.08. The van der Waals surface area contributed by atoms with E-state index in [4.69, 9.17) is 16.2 Å². The third kappa shape index (κ3) is 3.40. The van der Waals surface area contributed by atoms with E-state index in [2.05, 4.69) is 6.92 Å². The summed E-state index contributed by atoms with van der Waals surface area (Å²) in [4.78, 5) is 0. The van der Waals surface area contributed by atoms with Gasteiger partial charge in [0.05, 0.1) is 6.61 Å². The van der Waals surface area contributed by atoms with Crippen LogP contribution in [0.5, 0.6) is 11.5 Å². The van der Waals surface area contributed by atoms with Crippen molar-refractivity contribution in [2.45, 2.75) is 25.8 Å². The Bertz CT molecular complexity index is 329. The number of unbranched alkanes of at least 4 members (excludes halogenated alkanes) is 1. The largest absolute Gasteiger partial charge is 0.508 e. The van der Waals surface area contributed by atoms with Gasteiger partial charge < -0.3 is 21.3 Å². The van der Waals surface area contributed by atoms with Crippen molar-refractivity contribution >= 4 is 0 Å². The molecule has 0 heterocycles. The first-order valence-corrected chi connectivity index (χ1v) is 5.60. The van der Waals surface area contributed by atoms with E-state index in [0.29, 0.717) is 18.7 Å². The van der Waals surface area contributed by atoms with E-state index in [1.165, 1.54) is 0 Å². The first-order valence-electron chi connectivity index (χ1n) is 5.60. The molecule has 0 amide bonds. The van der Waals surface area contributed by atoms with E-state index in [9.17, 15) is 5.11 Å². The molecule has 0 unspecified atom stereocenters. The predicted octanol–water partition coefficient (Wildman–Crippen LogP) is 1.53. The van der Waals surface area contributed by atoms with Gasteiger partial charge in [-0.1, -0.05) is 13.3 Å². The number of aromatic hydroxyl groups is 1. The van der Waals surface area contributed by atoms with Gasteiger partial charge in [-0.25, -0.2) is 0 Å². The van der Waals surface area contributed by atoms with E-state index in [1.54, 1.807) is 18.2 Å². The van der Waals surface area contributed by atoms with Crippen LogP contribution in [0.2, 0.25) is 0 Å². The Hall–Kier alpha value is -1.26. The lowest BCUT2D eigenvalue weighted by atomic mass is 10.1. The summed E-state index contributed by atoms with van der Waals surface area (Å²) in [6.07, 6.45) is 2.10. The van der Waals surface area contributed by atoms with Crippen LogP contribution in [0.15, 0.2) is 18.2 Å². The normalized spacial score (nSPS) is 12.4. The first kappa shape index (κ1) is 12.8. The average Bonchev–Trinajstić information content (AvgIpc) is 2.30. The zero-order valence-electron chi connectivity index (χ0n) is 9.65. The molecule has 1 atom stereocenters. The van der Waals surface area contributed by atoms with Gasteiger partial charge >= 0.3 is 0 Å². The minimum absolute atomic E-state index is 0.167. The van der Waals surface area contributed by atoms with Gasteiger partial charge in [-0.2, -0.15) is 0 Å². The lowest BCUT2D eigenvalue weighted by Crippen LogP contribution is -2.20. The van der Waals surface area contributed by atoms with Crippen LogP contribution in [0.1, 0.15) is 31.4 Å². The Morgan fingerprint density at radius 2 is 2.19 bits per heavy atom. The number of phenols is 1. The van der Waals surface area contributed by atoms with Gasteiger partial charge in [-0.05, 0) is 24.6 Å². The van der Waals surface area contributed by atoms with Gasteiger partial charge in [0.15, 0.2) is 0 Å². The average molecular weight is 224 g/mol. The van der Waals surface area contributed by atoms with Crippen LogP contribution in [0.4, 0.5) is 0 Å². The van der Waals surface area contributed by atoms with Gasteiger partial charge in [0.25, 0.3) is 0 Å². The van der Waals surface area contributed by atoms with Crippen LogP contribution in [0, 0.1) is 0 Å². The molecule has 0 radical (unpaired) electrons. The zero-order valence-corrected chi connectivity index (χ0v) is 9.65. The van der Waals surface area contributed by atoms with Crippen LogP contribution in [-0.4, -0.2) is 18.3 Å². The number of nitrogens with two attached hydrogens (primary N) is 2. The highest BCUT2D eigenvalue weighted by atomic mass is 16.5. The van der Waals surface area contributed by atoms with Gasteiger partial charge in [0.1, 0.15) is 11.5 Å². The molecule has 0 fully saturated rings. The van der Waals surface area contributed by atoms with Crippen molar-refractivity contribution in [3.05, 3.63) is 23.8 Å². The fraction of sp³-hybridized carbons (Fsp3) is 0.500. The molecule has 90 valence electrons.